The van der Waals surface area contributed by atoms with Gasteiger partial charge < -0.3 is 10.4 Å². The number of fused-ring (bicyclic) bond motifs is 1. The third kappa shape index (κ3) is 3.77. The van der Waals surface area contributed by atoms with E-state index in [4.69, 9.17) is 11.6 Å². The van der Waals surface area contributed by atoms with Gasteiger partial charge in [0.1, 0.15) is 0 Å². The molecule has 1 atom stereocenters. The van der Waals surface area contributed by atoms with E-state index in [1.165, 1.54) is 4.68 Å². The van der Waals surface area contributed by atoms with Gasteiger partial charge in [0.2, 0.25) is 0 Å². The summed E-state index contributed by atoms with van der Waals surface area (Å²) in [6.07, 6.45) is -2.67. The van der Waals surface area contributed by atoms with Crippen LogP contribution in [0.4, 0.5) is 18.9 Å². The highest BCUT2D eigenvalue weighted by Crippen LogP contribution is 2.37. The van der Waals surface area contributed by atoms with Gasteiger partial charge in [-0.15, -0.1) is 11.6 Å². The molecule has 1 aliphatic carbocycles. The highest BCUT2D eigenvalue weighted by atomic mass is 35.5. The minimum atomic E-state index is -4.47. The second-order valence-electron chi connectivity index (χ2n) is 6.10. The minimum absolute atomic E-state index is 0.0740. The van der Waals surface area contributed by atoms with Gasteiger partial charge in [-0.2, -0.15) is 18.3 Å². The first-order valence-corrected chi connectivity index (χ1v) is 8.70. The average molecular weight is 374 g/mol. The number of anilines is 1. The van der Waals surface area contributed by atoms with Gasteiger partial charge in [-0.3, -0.25) is 0 Å². The van der Waals surface area contributed by atoms with Crippen LogP contribution >= 0.6 is 11.6 Å². The van der Waals surface area contributed by atoms with E-state index >= 15 is 0 Å². The van der Waals surface area contributed by atoms with Gasteiger partial charge in [0.05, 0.1) is 23.4 Å². The van der Waals surface area contributed by atoms with Crippen molar-refractivity contribution in [2.75, 3.05) is 17.7 Å². The number of halogens is 4. The standard InChI is InChI=1S/C17H19ClF3N3O/c18-9-11(25)10-22-13-6-2-4-8-15(13)24-14-7-3-1-5-12(14)16(23-24)17(19,20)21/h2,4,6,8,11,22,25H,1,3,5,7,9-10H2. The molecule has 1 aromatic heterocycles. The number of para-hydroxylation sites is 2. The van der Waals surface area contributed by atoms with Crippen LogP contribution in [0.3, 0.4) is 0 Å². The summed E-state index contributed by atoms with van der Waals surface area (Å²) in [6, 6.07) is 7.00. The van der Waals surface area contributed by atoms with E-state index < -0.39 is 18.0 Å². The fourth-order valence-electron chi connectivity index (χ4n) is 3.12. The molecule has 136 valence electrons. The zero-order chi connectivity index (χ0) is 18.0. The second kappa shape index (κ2) is 7.25. The lowest BCUT2D eigenvalue weighted by molar-refractivity contribution is -0.142. The molecule has 1 aromatic carbocycles. The molecule has 0 fully saturated rings. The molecular formula is C17H19ClF3N3O. The lowest BCUT2D eigenvalue weighted by atomic mass is 9.95. The maximum atomic E-state index is 13.4. The van der Waals surface area contributed by atoms with Crippen LogP contribution in [-0.2, 0) is 19.0 Å². The molecule has 3 rings (SSSR count). The number of nitrogens with zero attached hydrogens (tertiary/aromatic N) is 2. The highest BCUT2D eigenvalue weighted by molar-refractivity contribution is 6.18. The van der Waals surface area contributed by atoms with Crippen LogP contribution in [0, 0.1) is 0 Å². The van der Waals surface area contributed by atoms with Crippen molar-refractivity contribution >= 4 is 17.3 Å². The zero-order valence-corrected chi connectivity index (χ0v) is 14.2. The molecule has 0 radical (unpaired) electrons. The Kier molecular flexibility index (Phi) is 5.24. The lowest BCUT2D eigenvalue weighted by Crippen LogP contribution is -2.21. The number of nitrogens with one attached hydrogen (secondary N) is 1. The lowest BCUT2D eigenvalue weighted by Gasteiger charge is -2.18. The molecule has 1 aliphatic rings. The first-order valence-electron chi connectivity index (χ1n) is 8.17. The summed E-state index contributed by atoms with van der Waals surface area (Å²) >= 11 is 5.59. The summed E-state index contributed by atoms with van der Waals surface area (Å²) in [5.41, 5.74) is 1.27. The third-order valence-electron chi connectivity index (χ3n) is 4.29. The molecule has 0 aliphatic heterocycles. The molecule has 0 spiro atoms. The van der Waals surface area contributed by atoms with E-state index in [0.29, 0.717) is 35.5 Å². The molecule has 0 saturated carbocycles. The summed E-state index contributed by atoms with van der Waals surface area (Å²) in [5.74, 6) is 0.0740. The van der Waals surface area contributed by atoms with Gasteiger partial charge in [0.25, 0.3) is 0 Å². The average Bonchev–Trinajstić information content (AvgIpc) is 2.99. The van der Waals surface area contributed by atoms with Crippen LogP contribution < -0.4 is 5.32 Å². The van der Waals surface area contributed by atoms with Crippen LogP contribution in [0.2, 0.25) is 0 Å². The van der Waals surface area contributed by atoms with Crippen molar-refractivity contribution in [3.05, 3.63) is 41.2 Å². The smallest absolute Gasteiger partial charge is 0.390 e. The quantitative estimate of drug-likeness (QED) is 0.784. The van der Waals surface area contributed by atoms with Crippen molar-refractivity contribution in [1.29, 1.82) is 0 Å². The van der Waals surface area contributed by atoms with Crippen molar-refractivity contribution < 1.29 is 18.3 Å². The van der Waals surface area contributed by atoms with E-state index in [2.05, 4.69) is 10.4 Å². The van der Waals surface area contributed by atoms with Crippen LogP contribution in [-0.4, -0.2) is 33.4 Å². The summed E-state index contributed by atoms with van der Waals surface area (Å²) in [5, 5.41) is 16.6. The van der Waals surface area contributed by atoms with Crippen molar-refractivity contribution in [2.45, 2.75) is 38.0 Å². The Hall–Kier alpha value is -1.73. The number of hydrogen-bond acceptors (Lipinski definition) is 3. The summed E-state index contributed by atoms with van der Waals surface area (Å²) in [6.45, 7) is 0.204. The predicted octanol–water partition coefficient (Wildman–Crippen LogP) is 3.78. The number of alkyl halides is 4. The molecular weight excluding hydrogens is 355 g/mol. The Morgan fingerprint density at radius 3 is 2.68 bits per heavy atom. The van der Waals surface area contributed by atoms with Crippen LogP contribution in [0.5, 0.6) is 0 Å². The molecule has 2 N–H and O–H groups in total. The van der Waals surface area contributed by atoms with Gasteiger partial charge in [-0.05, 0) is 37.8 Å². The summed E-state index contributed by atoms with van der Waals surface area (Å²) in [7, 11) is 0. The first-order chi connectivity index (χ1) is 11.9. The first kappa shape index (κ1) is 18.1. The molecule has 4 nitrogen and oxygen atoms in total. The molecule has 0 saturated heterocycles. The monoisotopic (exact) mass is 373 g/mol. The SMILES string of the molecule is OC(CCl)CNc1ccccc1-n1nc(C(F)(F)F)c2c1CCCC2. The minimum Gasteiger partial charge on any atom is -0.390 e. The van der Waals surface area contributed by atoms with Gasteiger partial charge in [-0.25, -0.2) is 4.68 Å². The van der Waals surface area contributed by atoms with Crippen molar-refractivity contribution in [3.8, 4) is 5.69 Å². The van der Waals surface area contributed by atoms with Crippen LogP contribution in [0.25, 0.3) is 5.69 Å². The van der Waals surface area contributed by atoms with E-state index in [9.17, 15) is 18.3 Å². The van der Waals surface area contributed by atoms with Crippen molar-refractivity contribution in [3.63, 3.8) is 0 Å². The predicted molar refractivity (Wildman–Crippen MR) is 90.4 cm³/mol. The Bertz CT molecular complexity index is 745. The molecule has 1 heterocycles. The van der Waals surface area contributed by atoms with Crippen molar-refractivity contribution in [1.82, 2.24) is 9.78 Å². The number of benzene rings is 1. The molecule has 1 unspecified atom stereocenters. The maximum absolute atomic E-state index is 13.4. The largest absolute Gasteiger partial charge is 0.435 e. The number of hydrogen-bond donors (Lipinski definition) is 2. The fraction of sp³-hybridized carbons (Fsp3) is 0.471. The Labute approximate surface area is 148 Å². The number of aliphatic hydroxyl groups excluding tert-OH is 1. The molecule has 2 aromatic rings. The van der Waals surface area contributed by atoms with E-state index in [0.717, 1.165) is 12.8 Å². The number of aromatic nitrogens is 2. The molecule has 8 heteroatoms. The fourth-order valence-corrected chi connectivity index (χ4v) is 3.23. The summed E-state index contributed by atoms with van der Waals surface area (Å²) < 4.78 is 41.5. The Morgan fingerprint density at radius 1 is 1.24 bits per heavy atom. The highest BCUT2D eigenvalue weighted by Gasteiger charge is 2.39. The van der Waals surface area contributed by atoms with Gasteiger partial charge in [0, 0.05) is 17.8 Å². The summed E-state index contributed by atoms with van der Waals surface area (Å²) in [4.78, 5) is 0. The van der Waals surface area contributed by atoms with E-state index in [1.807, 2.05) is 0 Å². The molecule has 0 bridgehead atoms. The second-order valence-corrected chi connectivity index (χ2v) is 6.41. The molecule has 25 heavy (non-hydrogen) atoms. The normalized spacial score (nSPS) is 15.7. The number of rotatable bonds is 5. The van der Waals surface area contributed by atoms with E-state index in [-0.39, 0.29) is 12.4 Å². The molecule has 0 amide bonds. The topological polar surface area (TPSA) is 50.1 Å². The maximum Gasteiger partial charge on any atom is 0.435 e. The van der Waals surface area contributed by atoms with Crippen LogP contribution in [0.1, 0.15) is 29.8 Å². The van der Waals surface area contributed by atoms with Crippen molar-refractivity contribution in [2.24, 2.45) is 0 Å². The van der Waals surface area contributed by atoms with E-state index in [1.54, 1.807) is 24.3 Å². The van der Waals surface area contributed by atoms with Gasteiger partial charge in [-0.1, -0.05) is 12.1 Å². The Balaban J connectivity index is 2.04. The van der Waals surface area contributed by atoms with Gasteiger partial charge >= 0.3 is 6.18 Å². The third-order valence-corrected chi connectivity index (χ3v) is 4.64. The van der Waals surface area contributed by atoms with Crippen LogP contribution in [0.15, 0.2) is 24.3 Å². The van der Waals surface area contributed by atoms with Gasteiger partial charge in [0.15, 0.2) is 5.69 Å². The number of aliphatic hydroxyl groups is 1. The zero-order valence-electron chi connectivity index (χ0n) is 13.5. The Morgan fingerprint density at radius 2 is 1.96 bits per heavy atom.